The number of thiazole rings is 1. The highest BCUT2D eigenvalue weighted by Crippen LogP contribution is 2.28. The molecule has 0 saturated carbocycles. The average Bonchev–Trinajstić information content (AvgIpc) is 3.23. The van der Waals surface area contributed by atoms with Crippen LogP contribution in [0, 0.1) is 5.82 Å². The highest BCUT2D eigenvalue weighted by Gasteiger charge is 2.08. The van der Waals surface area contributed by atoms with Crippen LogP contribution in [0.25, 0.3) is 21.8 Å². The minimum Gasteiger partial charge on any atom is -0.348 e. The van der Waals surface area contributed by atoms with Crippen molar-refractivity contribution in [2.24, 2.45) is 0 Å². The Hall–Kier alpha value is -3.31. The SMILES string of the molecule is O=C(NCc1ccc(-c2nc(-c3ccccc3)cs2)cc1)c1cccc(F)c1. The fourth-order valence-corrected chi connectivity index (χ4v) is 3.66. The number of carbonyl (C=O) groups excluding carboxylic acids is 1. The molecule has 0 aliphatic carbocycles. The molecule has 0 aliphatic heterocycles. The number of carbonyl (C=O) groups is 1. The molecule has 0 saturated heterocycles. The minimum absolute atomic E-state index is 0.295. The molecule has 1 aromatic heterocycles. The van der Waals surface area contributed by atoms with Gasteiger partial charge in [-0.25, -0.2) is 9.37 Å². The standard InChI is InChI=1S/C23H17FN2OS/c24-20-8-4-7-19(13-20)22(27)25-14-16-9-11-18(12-10-16)23-26-21(15-28-23)17-5-2-1-3-6-17/h1-13,15H,14H2,(H,25,27). The third-order valence-corrected chi connectivity index (χ3v) is 5.21. The van der Waals surface area contributed by atoms with Gasteiger partial charge in [-0.3, -0.25) is 4.79 Å². The summed E-state index contributed by atoms with van der Waals surface area (Å²) in [6.07, 6.45) is 0. The van der Waals surface area contributed by atoms with Gasteiger partial charge in [-0.2, -0.15) is 0 Å². The molecule has 0 bridgehead atoms. The number of rotatable bonds is 5. The summed E-state index contributed by atoms with van der Waals surface area (Å²) in [5, 5.41) is 5.82. The van der Waals surface area contributed by atoms with Crippen LogP contribution in [0.5, 0.6) is 0 Å². The fraction of sp³-hybridized carbons (Fsp3) is 0.0435. The van der Waals surface area contributed by atoms with E-state index in [1.165, 1.54) is 18.2 Å². The van der Waals surface area contributed by atoms with Gasteiger partial charge in [0.15, 0.2) is 0 Å². The molecular formula is C23H17FN2OS. The molecule has 0 atom stereocenters. The van der Waals surface area contributed by atoms with Crippen LogP contribution in [0.15, 0.2) is 84.2 Å². The number of hydrogen-bond acceptors (Lipinski definition) is 3. The van der Waals surface area contributed by atoms with Gasteiger partial charge < -0.3 is 5.32 Å². The average molecular weight is 388 g/mol. The lowest BCUT2D eigenvalue weighted by Gasteiger charge is -2.06. The monoisotopic (exact) mass is 388 g/mol. The molecule has 1 N–H and O–H groups in total. The van der Waals surface area contributed by atoms with E-state index in [1.807, 2.05) is 54.6 Å². The van der Waals surface area contributed by atoms with Crippen LogP contribution in [-0.2, 0) is 6.54 Å². The second kappa shape index (κ2) is 8.15. The van der Waals surface area contributed by atoms with E-state index in [1.54, 1.807) is 17.4 Å². The van der Waals surface area contributed by atoms with Crippen molar-refractivity contribution in [3.8, 4) is 21.8 Å². The van der Waals surface area contributed by atoms with Crippen LogP contribution >= 0.6 is 11.3 Å². The maximum absolute atomic E-state index is 13.2. The normalized spacial score (nSPS) is 10.6. The fourth-order valence-electron chi connectivity index (χ4n) is 2.83. The molecule has 5 heteroatoms. The van der Waals surface area contributed by atoms with Crippen molar-refractivity contribution in [3.05, 3.63) is 101 Å². The Morgan fingerprint density at radius 2 is 1.71 bits per heavy atom. The number of nitrogens with zero attached hydrogens (tertiary/aromatic N) is 1. The van der Waals surface area contributed by atoms with Gasteiger partial charge in [-0.05, 0) is 23.8 Å². The highest BCUT2D eigenvalue weighted by atomic mass is 32.1. The first-order valence-corrected chi connectivity index (χ1v) is 9.71. The second-order valence-corrected chi connectivity index (χ2v) is 7.15. The zero-order valence-corrected chi connectivity index (χ0v) is 15.7. The smallest absolute Gasteiger partial charge is 0.251 e. The van der Waals surface area contributed by atoms with Gasteiger partial charge in [0.05, 0.1) is 5.69 Å². The number of nitrogens with one attached hydrogen (secondary N) is 1. The quantitative estimate of drug-likeness (QED) is 0.487. The van der Waals surface area contributed by atoms with Crippen molar-refractivity contribution in [1.82, 2.24) is 10.3 Å². The van der Waals surface area contributed by atoms with Crippen molar-refractivity contribution < 1.29 is 9.18 Å². The summed E-state index contributed by atoms with van der Waals surface area (Å²) in [5.41, 5.74) is 4.38. The van der Waals surface area contributed by atoms with E-state index in [4.69, 9.17) is 4.98 Å². The Morgan fingerprint density at radius 3 is 2.46 bits per heavy atom. The van der Waals surface area contributed by atoms with Crippen LogP contribution in [0.1, 0.15) is 15.9 Å². The Balaban J connectivity index is 1.42. The van der Waals surface area contributed by atoms with Crippen molar-refractivity contribution >= 4 is 17.2 Å². The van der Waals surface area contributed by atoms with E-state index in [-0.39, 0.29) is 5.91 Å². The lowest BCUT2D eigenvalue weighted by molar-refractivity contribution is 0.0950. The summed E-state index contributed by atoms with van der Waals surface area (Å²) in [4.78, 5) is 16.8. The van der Waals surface area contributed by atoms with Crippen LogP contribution < -0.4 is 5.32 Å². The molecule has 0 unspecified atom stereocenters. The maximum atomic E-state index is 13.2. The summed E-state index contributed by atoms with van der Waals surface area (Å²) in [5.74, 6) is -0.716. The Bertz CT molecular complexity index is 1090. The summed E-state index contributed by atoms with van der Waals surface area (Å²) >= 11 is 1.60. The first kappa shape index (κ1) is 18.1. The van der Waals surface area contributed by atoms with Crippen LogP contribution in [-0.4, -0.2) is 10.9 Å². The molecule has 138 valence electrons. The predicted molar refractivity (Wildman–Crippen MR) is 111 cm³/mol. The maximum Gasteiger partial charge on any atom is 0.251 e. The lowest BCUT2D eigenvalue weighted by Crippen LogP contribution is -2.22. The molecule has 0 fully saturated rings. The van der Waals surface area contributed by atoms with Gasteiger partial charge in [-0.15, -0.1) is 11.3 Å². The van der Waals surface area contributed by atoms with Crippen molar-refractivity contribution in [2.75, 3.05) is 0 Å². The van der Waals surface area contributed by atoms with E-state index in [9.17, 15) is 9.18 Å². The Kier molecular flexibility index (Phi) is 5.26. The van der Waals surface area contributed by atoms with E-state index >= 15 is 0 Å². The van der Waals surface area contributed by atoms with Gasteiger partial charge in [-0.1, -0.05) is 60.7 Å². The number of halogens is 1. The number of benzene rings is 3. The highest BCUT2D eigenvalue weighted by molar-refractivity contribution is 7.13. The van der Waals surface area contributed by atoms with Gasteiger partial charge in [0.25, 0.3) is 5.91 Å². The molecule has 0 radical (unpaired) electrons. The Morgan fingerprint density at radius 1 is 0.929 bits per heavy atom. The summed E-state index contributed by atoms with van der Waals surface area (Å²) in [6.45, 7) is 0.378. The van der Waals surface area contributed by atoms with Crippen LogP contribution in [0.3, 0.4) is 0 Å². The third-order valence-electron chi connectivity index (χ3n) is 4.31. The molecular weight excluding hydrogens is 371 g/mol. The largest absolute Gasteiger partial charge is 0.348 e. The van der Waals surface area contributed by atoms with Gasteiger partial charge in [0, 0.05) is 28.6 Å². The first-order chi connectivity index (χ1) is 13.7. The van der Waals surface area contributed by atoms with Crippen LogP contribution in [0.2, 0.25) is 0 Å². The molecule has 28 heavy (non-hydrogen) atoms. The second-order valence-electron chi connectivity index (χ2n) is 6.29. The summed E-state index contributed by atoms with van der Waals surface area (Å²) in [7, 11) is 0. The lowest BCUT2D eigenvalue weighted by atomic mass is 10.1. The van der Waals surface area contributed by atoms with Crippen LogP contribution in [0.4, 0.5) is 4.39 Å². The topological polar surface area (TPSA) is 42.0 Å². The van der Waals surface area contributed by atoms with Crippen molar-refractivity contribution in [2.45, 2.75) is 6.54 Å². The van der Waals surface area contributed by atoms with E-state index < -0.39 is 5.82 Å². The van der Waals surface area contributed by atoms with E-state index in [2.05, 4.69) is 10.7 Å². The zero-order chi connectivity index (χ0) is 19.3. The number of amides is 1. The third kappa shape index (κ3) is 4.15. The Labute approximate surface area is 166 Å². The molecule has 3 aromatic carbocycles. The van der Waals surface area contributed by atoms with Crippen molar-refractivity contribution in [1.29, 1.82) is 0 Å². The molecule has 4 rings (SSSR count). The minimum atomic E-state index is -0.421. The van der Waals surface area contributed by atoms with Gasteiger partial charge in [0.2, 0.25) is 0 Å². The van der Waals surface area contributed by atoms with E-state index in [0.717, 1.165) is 27.4 Å². The molecule has 0 aliphatic rings. The predicted octanol–water partition coefficient (Wildman–Crippen LogP) is 5.55. The summed E-state index contributed by atoms with van der Waals surface area (Å²) in [6, 6.07) is 23.7. The number of hydrogen-bond donors (Lipinski definition) is 1. The zero-order valence-electron chi connectivity index (χ0n) is 14.9. The molecule has 0 spiro atoms. The molecule has 4 aromatic rings. The van der Waals surface area contributed by atoms with Gasteiger partial charge >= 0.3 is 0 Å². The molecule has 3 nitrogen and oxygen atoms in total. The van der Waals surface area contributed by atoms with Gasteiger partial charge in [0.1, 0.15) is 10.8 Å². The van der Waals surface area contributed by atoms with E-state index in [0.29, 0.717) is 12.1 Å². The molecule has 1 amide bonds. The number of aromatic nitrogens is 1. The first-order valence-electron chi connectivity index (χ1n) is 8.83. The van der Waals surface area contributed by atoms with Crippen molar-refractivity contribution in [3.63, 3.8) is 0 Å². The molecule has 1 heterocycles. The summed E-state index contributed by atoms with van der Waals surface area (Å²) < 4.78 is 13.2.